The number of esters is 1. The van der Waals surface area contributed by atoms with Gasteiger partial charge in [0.05, 0.1) is 11.1 Å². The first kappa shape index (κ1) is 10.6. The summed E-state index contributed by atoms with van der Waals surface area (Å²) in [6.07, 6.45) is 1.72. The number of phenols is 1. The van der Waals surface area contributed by atoms with Gasteiger partial charge in [-0.05, 0) is 23.8 Å². The van der Waals surface area contributed by atoms with Crippen molar-refractivity contribution in [2.45, 2.75) is 0 Å². The van der Waals surface area contributed by atoms with E-state index in [0.717, 1.165) is 5.56 Å². The smallest absolute Gasteiger partial charge is 0.344 e. The fraction of sp³-hybridized carbons (Fsp3) is 0. The van der Waals surface area contributed by atoms with Crippen molar-refractivity contribution < 1.29 is 14.6 Å². The average molecular weight is 238 g/mol. The lowest BCUT2D eigenvalue weighted by atomic mass is 10.0. The Morgan fingerprint density at radius 1 is 1.00 bits per heavy atom. The van der Waals surface area contributed by atoms with E-state index in [1.165, 1.54) is 0 Å². The highest BCUT2D eigenvalue weighted by molar-refractivity contribution is 6.26. The number of aromatic hydroxyl groups is 1. The number of benzene rings is 2. The molecule has 0 fully saturated rings. The zero-order valence-corrected chi connectivity index (χ0v) is 9.46. The van der Waals surface area contributed by atoms with E-state index >= 15 is 0 Å². The third-order valence-corrected chi connectivity index (χ3v) is 2.81. The molecule has 0 aliphatic carbocycles. The molecule has 0 bridgehead atoms. The van der Waals surface area contributed by atoms with Gasteiger partial charge in [0.2, 0.25) is 0 Å². The molecule has 2 aromatic rings. The highest BCUT2D eigenvalue weighted by Gasteiger charge is 2.29. The minimum Gasteiger partial charge on any atom is -0.507 e. The first-order chi connectivity index (χ1) is 8.75. The number of ether oxygens (including phenoxy) is 1. The summed E-state index contributed by atoms with van der Waals surface area (Å²) in [6, 6.07) is 14.3. The third-order valence-electron chi connectivity index (χ3n) is 2.81. The zero-order chi connectivity index (χ0) is 12.5. The number of hydrogen-bond donors (Lipinski definition) is 1. The second kappa shape index (κ2) is 4.04. The number of phenolic OH excluding ortho intramolecular Hbond substituents is 1. The molecule has 0 unspecified atom stereocenters. The minimum atomic E-state index is -0.435. The van der Waals surface area contributed by atoms with Crippen LogP contribution in [0.15, 0.2) is 48.5 Å². The molecule has 0 amide bonds. The Morgan fingerprint density at radius 2 is 1.78 bits per heavy atom. The van der Waals surface area contributed by atoms with E-state index in [9.17, 15) is 9.90 Å². The molecule has 0 saturated carbocycles. The van der Waals surface area contributed by atoms with Gasteiger partial charge in [-0.1, -0.05) is 36.4 Å². The number of rotatable bonds is 1. The number of carbonyl (C=O) groups is 1. The van der Waals surface area contributed by atoms with Gasteiger partial charge >= 0.3 is 5.97 Å². The second-order valence-corrected chi connectivity index (χ2v) is 4.01. The van der Waals surface area contributed by atoms with Gasteiger partial charge in [-0.25, -0.2) is 4.79 Å². The summed E-state index contributed by atoms with van der Waals surface area (Å²) in [6.45, 7) is 0. The van der Waals surface area contributed by atoms with Crippen LogP contribution in [0.1, 0.15) is 11.1 Å². The molecule has 3 rings (SSSR count). The van der Waals surface area contributed by atoms with E-state index in [1.54, 1.807) is 24.3 Å². The van der Waals surface area contributed by atoms with E-state index in [1.807, 2.05) is 30.3 Å². The maximum Gasteiger partial charge on any atom is 0.344 e. The Morgan fingerprint density at radius 3 is 2.56 bits per heavy atom. The quantitative estimate of drug-likeness (QED) is 0.472. The van der Waals surface area contributed by atoms with Gasteiger partial charge in [0.15, 0.2) is 0 Å². The average Bonchev–Trinajstić information content (AvgIpc) is 2.69. The maximum atomic E-state index is 11.8. The Labute approximate surface area is 104 Å². The Kier molecular flexibility index (Phi) is 2.38. The Hall–Kier alpha value is -2.55. The van der Waals surface area contributed by atoms with Gasteiger partial charge < -0.3 is 9.84 Å². The normalized spacial score (nSPS) is 15.6. The lowest BCUT2D eigenvalue weighted by Crippen LogP contribution is -2.00. The molecule has 0 spiro atoms. The summed E-state index contributed by atoms with van der Waals surface area (Å²) >= 11 is 0. The Balaban J connectivity index is 2.15. The van der Waals surface area contributed by atoms with Crippen LogP contribution >= 0.6 is 0 Å². The molecular formula is C15H10O3. The molecule has 0 atom stereocenters. The van der Waals surface area contributed by atoms with Crippen LogP contribution in [-0.4, -0.2) is 11.1 Å². The number of carbonyl (C=O) groups excluding carboxylic acids is 1. The van der Waals surface area contributed by atoms with Gasteiger partial charge in [-0.15, -0.1) is 0 Å². The van der Waals surface area contributed by atoms with Gasteiger partial charge in [0.25, 0.3) is 0 Å². The molecule has 0 radical (unpaired) electrons. The second-order valence-electron chi connectivity index (χ2n) is 4.01. The van der Waals surface area contributed by atoms with Crippen molar-refractivity contribution in [2.75, 3.05) is 0 Å². The molecule has 0 aromatic heterocycles. The molecule has 1 aliphatic rings. The number of fused-ring (bicyclic) bond motifs is 1. The van der Waals surface area contributed by atoms with E-state index in [-0.39, 0.29) is 5.75 Å². The molecule has 1 aliphatic heterocycles. The largest absolute Gasteiger partial charge is 0.507 e. The van der Waals surface area contributed by atoms with E-state index < -0.39 is 5.97 Å². The van der Waals surface area contributed by atoms with Crippen molar-refractivity contribution in [1.29, 1.82) is 0 Å². The van der Waals surface area contributed by atoms with Crippen molar-refractivity contribution in [3.63, 3.8) is 0 Å². The van der Waals surface area contributed by atoms with E-state index in [0.29, 0.717) is 16.9 Å². The zero-order valence-electron chi connectivity index (χ0n) is 9.46. The van der Waals surface area contributed by atoms with E-state index in [4.69, 9.17) is 4.74 Å². The number of hydrogen-bond acceptors (Lipinski definition) is 3. The van der Waals surface area contributed by atoms with Crippen LogP contribution in [0.5, 0.6) is 11.5 Å². The summed E-state index contributed by atoms with van der Waals surface area (Å²) in [5.74, 6) is 0.0260. The maximum absolute atomic E-state index is 11.8. The predicted molar refractivity (Wildman–Crippen MR) is 68.1 cm³/mol. The first-order valence-corrected chi connectivity index (χ1v) is 5.57. The SMILES string of the molecule is O=C1Oc2cccc(O)c2C1=Cc1ccccc1. The van der Waals surface area contributed by atoms with Crippen molar-refractivity contribution in [3.05, 3.63) is 59.7 Å². The molecule has 1 N–H and O–H groups in total. The van der Waals surface area contributed by atoms with Crippen molar-refractivity contribution >= 4 is 17.6 Å². The topological polar surface area (TPSA) is 46.5 Å². The highest BCUT2D eigenvalue weighted by Crippen LogP contribution is 2.40. The fourth-order valence-corrected chi connectivity index (χ4v) is 1.98. The van der Waals surface area contributed by atoms with Gasteiger partial charge in [0.1, 0.15) is 11.5 Å². The Bertz CT molecular complexity index is 642. The fourth-order valence-electron chi connectivity index (χ4n) is 1.98. The van der Waals surface area contributed by atoms with Crippen LogP contribution in [0, 0.1) is 0 Å². The van der Waals surface area contributed by atoms with Crippen molar-refractivity contribution in [3.8, 4) is 11.5 Å². The summed E-state index contributed by atoms with van der Waals surface area (Å²) < 4.78 is 5.11. The lowest BCUT2D eigenvalue weighted by molar-refractivity contribution is -0.126. The summed E-state index contributed by atoms with van der Waals surface area (Å²) in [5.41, 5.74) is 1.74. The first-order valence-electron chi connectivity index (χ1n) is 5.57. The van der Waals surface area contributed by atoms with Crippen LogP contribution in [0.2, 0.25) is 0 Å². The van der Waals surface area contributed by atoms with Crippen LogP contribution in [-0.2, 0) is 4.79 Å². The monoisotopic (exact) mass is 238 g/mol. The van der Waals surface area contributed by atoms with Crippen molar-refractivity contribution in [1.82, 2.24) is 0 Å². The molecular weight excluding hydrogens is 228 g/mol. The van der Waals surface area contributed by atoms with Gasteiger partial charge in [0, 0.05) is 0 Å². The molecule has 2 aromatic carbocycles. The van der Waals surface area contributed by atoms with Crippen LogP contribution in [0.4, 0.5) is 0 Å². The van der Waals surface area contributed by atoms with Crippen LogP contribution in [0.25, 0.3) is 11.6 Å². The lowest BCUT2D eigenvalue weighted by Gasteiger charge is -1.99. The van der Waals surface area contributed by atoms with E-state index in [2.05, 4.69) is 0 Å². The highest BCUT2D eigenvalue weighted by atomic mass is 16.5. The summed E-state index contributed by atoms with van der Waals surface area (Å²) in [7, 11) is 0. The molecule has 88 valence electrons. The van der Waals surface area contributed by atoms with Crippen LogP contribution < -0.4 is 4.74 Å². The molecule has 1 heterocycles. The molecule has 3 heteroatoms. The van der Waals surface area contributed by atoms with Gasteiger partial charge in [-0.2, -0.15) is 0 Å². The predicted octanol–water partition coefficient (Wildman–Crippen LogP) is 2.85. The third kappa shape index (κ3) is 1.66. The minimum absolute atomic E-state index is 0.0560. The standard InChI is InChI=1S/C15H10O3/c16-12-7-4-8-13-14(12)11(15(17)18-13)9-10-5-2-1-3-6-10/h1-9,16H. The van der Waals surface area contributed by atoms with Crippen LogP contribution in [0.3, 0.4) is 0 Å². The molecule has 3 nitrogen and oxygen atoms in total. The summed E-state index contributed by atoms with van der Waals surface area (Å²) in [4.78, 5) is 11.8. The summed E-state index contributed by atoms with van der Waals surface area (Å²) in [5, 5.41) is 9.82. The van der Waals surface area contributed by atoms with Crippen molar-refractivity contribution in [2.24, 2.45) is 0 Å². The molecule has 0 saturated heterocycles. The van der Waals surface area contributed by atoms with Gasteiger partial charge in [-0.3, -0.25) is 0 Å². The molecule has 18 heavy (non-hydrogen) atoms.